The third kappa shape index (κ3) is 3.83. The average Bonchev–Trinajstić information content (AvgIpc) is 3.28. The molecule has 0 spiro atoms. The maximum atomic E-state index is 5.80. The SMILES string of the molecule is CCCNC(c1ccc(C(C)C)cc1)C(OC)C1CC1. The highest BCUT2D eigenvalue weighted by Crippen LogP contribution is 2.39. The van der Waals surface area contributed by atoms with Crippen LogP contribution in [0.4, 0.5) is 0 Å². The largest absolute Gasteiger partial charge is 0.379 e. The van der Waals surface area contributed by atoms with Gasteiger partial charge in [-0.25, -0.2) is 0 Å². The highest BCUT2D eigenvalue weighted by Gasteiger charge is 2.37. The van der Waals surface area contributed by atoms with Crippen LogP contribution in [0.5, 0.6) is 0 Å². The van der Waals surface area contributed by atoms with Crippen LogP contribution in [0.15, 0.2) is 24.3 Å². The molecule has 2 rings (SSSR count). The third-order valence-corrected chi connectivity index (χ3v) is 4.26. The Hall–Kier alpha value is -0.860. The Labute approximate surface area is 123 Å². The summed E-state index contributed by atoms with van der Waals surface area (Å²) in [4.78, 5) is 0. The number of hydrogen-bond acceptors (Lipinski definition) is 2. The van der Waals surface area contributed by atoms with Gasteiger partial charge in [0, 0.05) is 7.11 Å². The van der Waals surface area contributed by atoms with Gasteiger partial charge in [0.2, 0.25) is 0 Å². The van der Waals surface area contributed by atoms with Crippen LogP contribution >= 0.6 is 0 Å². The second-order valence-corrected chi connectivity index (χ2v) is 6.29. The molecular weight excluding hydrogens is 246 g/mol. The molecule has 0 heterocycles. The molecule has 2 unspecified atom stereocenters. The van der Waals surface area contributed by atoms with E-state index >= 15 is 0 Å². The van der Waals surface area contributed by atoms with Gasteiger partial charge >= 0.3 is 0 Å². The minimum Gasteiger partial charge on any atom is -0.379 e. The second-order valence-electron chi connectivity index (χ2n) is 6.29. The fraction of sp³-hybridized carbons (Fsp3) is 0.667. The summed E-state index contributed by atoms with van der Waals surface area (Å²) in [6.45, 7) is 7.74. The first-order valence-electron chi connectivity index (χ1n) is 8.03. The van der Waals surface area contributed by atoms with E-state index in [0.29, 0.717) is 18.1 Å². The number of methoxy groups -OCH3 is 1. The molecule has 0 saturated heterocycles. The number of hydrogen-bond donors (Lipinski definition) is 1. The first kappa shape index (κ1) is 15.5. The van der Waals surface area contributed by atoms with Crippen LogP contribution < -0.4 is 5.32 Å². The molecule has 1 aliphatic rings. The van der Waals surface area contributed by atoms with E-state index in [1.807, 2.05) is 7.11 Å². The lowest BCUT2D eigenvalue weighted by molar-refractivity contribution is 0.0507. The molecule has 2 atom stereocenters. The maximum absolute atomic E-state index is 5.80. The van der Waals surface area contributed by atoms with E-state index in [-0.39, 0.29) is 0 Å². The molecule has 0 amide bonds. The van der Waals surface area contributed by atoms with Crippen LogP contribution in [0.2, 0.25) is 0 Å². The number of rotatable bonds is 8. The van der Waals surface area contributed by atoms with Crippen molar-refractivity contribution in [2.45, 2.75) is 58.1 Å². The Bertz CT molecular complexity index is 394. The zero-order valence-corrected chi connectivity index (χ0v) is 13.4. The number of ether oxygens (including phenoxy) is 1. The molecule has 0 bridgehead atoms. The van der Waals surface area contributed by atoms with Crippen molar-refractivity contribution in [1.82, 2.24) is 5.32 Å². The summed E-state index contributed by atoms with van der Waals surface area (Å²) in [6, 6.07) is 9.41. The van der Waals surface area contributed by atoms with Crippen molar-refractivity contribution in [1.29, 1.82) is 0 Å². The maximum Gasteiger partial charge on any atom is 0.0794 e. The minimum absolute atomic E-state index is 0.312. The first-order valence-corrected chi connectivity index (χ1v) is 8.03. The van der Waals surface area contributed by atoms with E-state index in [9.17, 15) is 0 Å². The van der Waals surface area contributed by atoms with E-state index in [1.54, 1.807) is 0 Å². The van der Waals surface area contributed by atoms with Crippen molar-refractivity contribution in [3.05, 3.63) is 35.4 Å². The summed E-state index contributed by atoms with van der Waals surface area (Å²) < 4.78 is 5.80. The summed E-state index contributed by atoms with van der Waals surface area (Å²) in [6.07, 6.45) is 4.09. The van der Waals surface area contributed by atoms with Crippen LogP contribution in [0, 0.1) is 5.92 Å². The average molecular weight is 275 g/mol. The Morgan fingerprint density at radius 2 is 1.75 bits per heavy atom. The van der Waals surface area contributed by atoms with Crippen LogP contribution in [-0.4, -0.2) is 19.8 Å². The zero-order chi connectivity index (χ0) is 14.5. The molecule has 0 radical (unpaired) electrons. The zero-order valence-electron chi connectivity index (χ0n) is 13.4. The van der Waals surface area contributed by atoms with Gasteiger partial charge in [-0.15, -0.1) is 0 Å². The van der Waals surface area contributed by atoms with Gasteiger partial charge in [-0.1, -0.05) is 45.0 Å². The highest BCUT2D eigenvalue weighted by atomic mass is 16.5. The molecule has 1 N–H and O–H groups in total. The standard InChI is InChI=1S/C18H29NO/c1-5-12-19-17(18(20-4)16-10-11-16)15-8-6-14(7-9-15)13(2)3/h6-9,13,16-19H,5,10-12H2,1-4H3. The normalized spacial score (nSPS) is 18.2. The lowest BCUT2D eigenvalue weighted by Crippen LogP contribution is -2.35. The smallest absolute Gasteiger partial charge is 0.0794 e. The summed E-state index contributed by atoms with van der Waals surface area (Å²) in [5.74, 6) is 1.33. The van der Waals surface area contributed by atoms with Crippen LogP contribution in [0.3, 0.4) is 0 Å². The van der Waals surface area contributed by atoms with E-state index in [1.165, 1.54) is 24.0 Å². The Morgan fingerprint density at radius 3 is 2.20 bits per heavy atom. The summed E-state index contributed by atoms with van der Waals surface area (Å²) >= 11 is 0. The van der Waals surface area contributed by atoms with Gasteiger partial charge in [0.05, 0.1) is 12.1 Å². The highest BCUT2D eigenvalue weighted by molar-refractivity contribution is 5.28. The third-order valence-electron chi connectivity index (χ3n) is 4.26. The Morgan fingerprint density at radius 1 is 1.15 bits per heavy atom. The monoisotopic (exact) mass is 275 g/mol. The van der Waals surface area contributed by atoms with E-state index in [4.69, 9.17) is 4.74 Å². The molecule has 1 aromatic carbocycles. The van der Waals surface area contributed by atoms with Crippen molar-refractivity contribution < 1.29 is 4.74 Å². The summed E-state index contributed by atoms with van der Waals surface area (Å²) in [5, 5.41) is 3.68. The molecule has 20 heavy (non-hydrogen) atoms. The van der Waals surface area contributed by atoms with Gasteiger partial charge in [-0.2, -0.15) is 0 Å². The molecule has 2 nitrogen and oxygen atoms in total. The topological polar surface area (TPSA) is 21.3 Å². The van der Waals surface area contributed by atoms with E-state index in [0.717, 1.165) is 18.9 Å². The minimum atomic E-state index is 0.312. The quantitative estimate of drug-likeness (QED) is 0.764. The summed E-state index contributed by atoms with van der Waals surface area (Å²) in [7, 11) is 1.85. The van der Waals surface area contributed by atoms with Gasteiger partial charge in [-0.05, 0) is 48.8 Å². The van der Waals surface area contributed by atoms with Crippen LogP contribution in [0.25, 0.3) is 0 Å². The van der Waals surface area contributed by atoms with Gasteiger partial charge in [0.25, 0.3) is 0 Å². The van der Waals surface area contributed by atoms with Gasteiger partial charge < -0.3 is 10.1 Å². The lowest BCUT2D eigenvalue weighted by Gasteiger charge is -2.28. The van der Waals surface area contributed by atoms with Crippen molar-refractivity contribution >= 4 is 0 Å². The predicted octanol–water partition coefficient (Wildman–Crippen LogP) is 4.28. The molecule has 2 heteroatoms. The number of nitrogens with one attached hydrogen (secondary N) is 1. The predicted molar refractivity (Wildman–Crippen MR) is 85.1 cm³/mol. The molecule has 1 aliphatic carbocycles. The van der Waals surface area contributed by atoms with Crippen molar-refractivity contribution in [3.63, 3.8) is 0 Å². The molecular formula is C18H29NO. The number of benzene rings is 1. The molecule has 1 aromatic rings. The Balaban J connectivity index is 2.15. The van der Waals surface area contributed by atoms with Crippen LogP contribution in [-0.2, 0) is 4.74 Å². The van der Waals surface area contributed by atoms with Gasteiger partial charge in [-0.3, -0.25) is 0 Å². The molecule has 112 valence electrons. The van der Waals surface area contributed by atoms with E-state index < -0.39 is 0 Å². The van der Waals surface area contributed by atoms with Crippen LogP contribution in [0.1, 0.15) is 63.1 Å². The fourth-order valence-corrected chi connectivity index (χ4v) is 2.84. The molecule has 0 aliphatic heterocycles. The Kier molecular flexibility index (Phi) is 5.62. The van der Waals surface area contributed by atoms with Crippen molar-refractivity contribution in [3.8, 4) is 0 Å². The van der Waals surface area contributed by atoms with Gasteiger partial charge in [0.1, 0.15) is 0 Å². The second kappa shape index (κ2) is 7.24. The van der Waals surface area contributed by atoms with Crippen molar-refractivity contribution in [2.75, 3.05) is 13.7 Å². The molecule has 0 aromatic heterocycles. The van der Waals surface area contributed by atoms with Crippen molar-refractivity contribution in [2.24, 2.45) is 5.92 Å². The fourth-order valence-electron chi connectivity index (χ4n) is 2.84. The lowest BCUT2D eigenvalue weighted by atomic mass is 9.94. The van der Waals surface area contributed by atoms with E-state index in [2.05, 4.69) is 50.4 Å². The summed E-state index contributed by atoms with van der Waals surface area (Å²) in [5.41, 5.74) is 2.77. The van der Waals surface area contributed by atoms with Gasteiger partial charge in [0.15, 0.2) is 0 Å². The molecule has 1 saturated carbocycles. The first-order chi connectivity index (χ1) is 9.67. The molecule has 1 fully saturated rings.